The molecule has 0 rings (SSSR count). The fraction of sp³-hybridized carbons (Fsp3) is 0.900. The van der Waals surface area contributed by atoms with Crippen molar-refractivity contribution < 1.29 is 42.1 Å². The van der Waals surface area contributed by atoms with Gasteiger partial charge in [0, 0.05) is 12.8 Å². The molecule has 0 amide bonds. The van der Waals surface area contributed by atoms with Crippen LogP contribution in [-0.2, 0) is 32.7 Å². The van der Waals surface area contributed by atoms with Gasteiger partial charge < -0.3 is 18.9 Å². The Hall–Kier alpha value is -1.25. The molecular weight excluding hydrogens is 653 g/mol. The Bertz CT molecular complexity index is 876. The molecule has 0 heterocycles. The number of unbranched alkanes of at least 4 members (excludes halogenated alkanes) is 21. The summed E-state index contributed by atoms with van der Waals surface area (Å²) in [5.74, 6) is -0.804. The zero-order chi connectivity index (χ0) is 37.2. The lowest BCUT2D eigenvalue weighted by molar-refractivity contribution is -0.870. The van der Waals surface area contributed by atoms with E-state index < -0.39 is 26.5 Å². The van der Waals surface area contributed by atoms with Crippen LogP contribution in [0.15, 0.2) is 12.2 Å². The molecule has 10 heteroatoms. The highest BCUT2D eigenvalue weighted by molar-refractivity contribution is 7.47. The van der Waals surface area contributed by atoms with Crippen molar-refractivity contribution in [3.8, 4) is 0 Å². The zero-order valence-electron chi connectivity index (χ0n) is 33.1. The lowest BCUT2D eigenvalue weighted by Crippen LogP contribution is -2.37. The van der Waals surface area contributed by atoms with E-state index in [-0.39, 0.29) is 25.6 Å². The van der Waals surface area contributed by atoms with Gasteiger partial charge in [-0.25, -0.2) is 4.57 Å². The van der Waals surface area contributed by atoms with E-state index in [1.54, 1.807) is 0 Å². The Morgan fingerprint density at radius 1 is 0.600 bits per heavy atom. The van der Waals surface area contributed by atoms with Crippen LogP contribution in [0.3, 0.4) is 0 Å². The van der Waals surface area contributed by atoms with Crippen molar-refractivity contribution in [1.82, 2.24) is 0 Å². The third-order valence-electron chi connectivity index (χ3n) is 8.80. The molecule has 0 radical (unpaired) electrons. The van der Waals surface area contributed by atoms with Crippen molar-refractivity contribution in [3.63, 3.8) is 0 Å². The summed E-state index contributed by atoms with van der Waals surface area (Å²) in [4.78, 5) is 35.2. The number of carbonyl (C=O) groups excluding carboxylic acids is 2. The predicted molar refractivity (Wildman–Crippen MR) is 206 cm³/mol. The summed E-state index contributed by atoms with van der Waals surface area (Å²) in [6.07, 6.45) is 32.5. The molecule has 0 aromatic heterocycles. The highest BCUT2D eigenvalue weighted by Crippen LogP contribution is 2.43. The van der Waals surface area contributed by atoms with Crippen LogP contribution in [0, 0.1) is 0 Å². The van der Waals surface area contributed by atoms with Crippen molar-refractivity contribution in [2.75, 3.05) is 47.5 Å². The molecule has 0 aromatic carbocycles. The van der Waals surface area contributed by atoms with Gasteiger partial charge in [0.2, 0.25) is 0 Å². The lowest BCUT2D eigenvalue weighted by atomic mass is 10.0. The van der Waals surface area contributed by atoms with E-state index >= 15 is 0 Å². The normalized spacial score (nSPS) is 13.8. The fourth-order valence-electron chi connectivity index (χ4n) is 5.52. The number of hydrogen-bond acceptors (Lipinski definition) is 7. The largest absolute Gasteiger partial charge is 0.472 e. The number of allylic oxidation sites excluding steroid dienone is 2. The predicted octanol–water partition coefficient (Wildman–Crippen LogP) is 11.0. The maximum atomic E-state index is 12.6. The first-order valence-electron chi connectivity index (χ1n) is 20.4. The van der Waals surface area contributed by atoms with E-state index in [0.717, 1.165) is 57.8 Å². The van der Waals surface area contributed by atoms with Gasteiger partial charge in [-0.2, -0.15) is 0 Å². The summed E-state index contributed by atoms with van der Waals surface area (Å²) in [5, 5.41) is 0. The minimum atomic E-state index is -4.36. The number of nitrogens with zero attached hydrogens (tertiary/aromatic N) is 1. The zero-order valence-corrected chi connectivity index (χ0v) is 34.0. The van der Waals surface area contributed by atoms with Crippen LogP contribution in [-0.4, -0.2) is 74.9 Å². The Kier molecular flexibility index (Phi) is 32.7. The van der Waals surface area contributed by atoms with Crippen molar-refractivity contribution in [1.29, 1.82) is 0 Å². The smallest absolute Gasteiger partial charge is 0.462 e. The Balaban J connectivity index is 4.36. The van der Waals surface area contributed by atoms with Crippen LogP contribution in [0.1, 0.15) is 181 Å². The molecule has 2 atom stereocenters. The molecule has 0 aliphatic rings. The van der Waals surface area contributed by atoms with E-state index in [2.05, 4.69) is 26.0 Å². The summed E-state index contributed by atoms with van der Waals surface area (Å²) < 4.78 is 34.2. The van der Waals surface area contributed by atoms with Crippen LogP contribution in [0.25, 0.3) is 0 Å². The quantitative estimate of drug-likeness (QED) is 0.0221. The van der Waals surface area contributed by atoms with Gasteiger partial charge >= 0.3 is 19.8 Å². The van der Waals surface area contributed by atoms with Gasteiger partial charge in [0.25, 0.3) is 0 Å². The molecule has 0 bridgehead atoms. The first-order valence-corrected chi connectivity index (χ1v) is 21.9. The molecule has 9 nitrogen and oxygen atoms in total. The number of rotatable bonds is 37. The Morgan fingerprint density at radius 3 is 1.54 bits per heavy atom. The van der Waals surface area contributed by atoms with Gasteiger partial charge in [-0.3, -0.25) is 18.6 Å². The van der Waals surface area contributed by atoms with Gasteiger partial charge in [-0.05, 0) is 32.1 Å². The SMILES string of the molecule is CCCC/C=C\CCCCCCCC(=O)O[C@H](COC(=O)CCCCCCCCCCCCCCCCC)COP(=O)(O)OCC[N+](C)(C)C. The molecule has 50 heavy (non-hydrogen) atoms. The van der Waals surface area contributed by atoms with Crippen LogP contribution in [0.4, 0.5) is 0 Å². The van der Waals surface area contributed by atoms with Gasteiger partial charge in [0.1, 0.15) is 19.8 Å². The van der Waals surface area contributed by atoms with E-state index in [1.807, 2.05) is 21.1 Å². The standard InChI is InChI=1S/C40H78NO8P/c1-6-8-10-12-14-16-18-19-20-21-23-24-26-28-30-32-39(42)46-36-38(37-48-50(44,45)47-35-34-41(3,4)5)49-40(43)33-31-29-27-25-22-17-15-13-11-9-7-2/h13,15,38H,6-12,14,16-37H2,1-5H3/p+1/b15-13-/t38-/m1/s1. The van der Waals surface area contributed by atoms with Crippen molar-refractivity contribution >= 4 is 19.8 Å². The van der Waals surface area contributed by atoms with E-state index in [9.17, 15) is 19.0 Å². The number of ether oxygens (including phenoxy) is 2. The summed E-state index contributed by atoms with van der Waals surface area (Å²) in [7, 11) is 1.48. The molecule has 296 valence electrons. The van der Waals surface area contributed by atoms with Crippen molar-refractivity contribution in [2.24, 2.45) is 0 Å². The summed E-state index contributed by atoms with van der Waals surface area (Å²) in [5.41, 5.74) is 0. The van der Waals surface area contributed by atoms with E-state index in [1.165, 1.54) is 89.9 Å². The Morgan fingerprint density at radius 2 is 1.04 bits per heavy atom. The maximum absolute atomic E-state index is 12.6. The number of carbonyl (C=O) groups is 2. The monoisotopic (exact) mass is 733 g/mol. The summed E-state index contributed by atoms with van der Waals surface area (Å²) in [6, 6.07) is 0. The second-order valence-corrected chi connectivity index (χ2v) is 16.5. The van der Waals surface area contributed by atoms with Crippen molar-refractivity contribution in [3.05, 3.63) is 12.2 Å². The van der Waals surface area contributed by atoms with Crippen LogP contribution >= 0.6 is 7.82 Å². The van der Waals surface area contributed by atoms with E-state index in [4.69, 9.17) is 18.5 Å². The lowest BCUT2D eigenvalue weighted by Gasteiger charge is -2.24. The van der Waals surface area contributed by atoms with Gasteiger partial charge in [-0.1, -0.05) is 148 Å². The van der Waals surface area contributed by atoms with Gasteiger partial charge in [0.05, 0.1) is 27.7 Å². The van der Waals surface area contributed by atoms with Crippen LogP contribution in [0.5, 0.6) is 0 Å². The fourth-order valence-corrected chi connectivity index (χ4v) is 6.27. The second-order valence-electron chi connectivity index (χ2n) is 15.0. The van der Waals surface area contributed by atoms with Crippen LogP contribution < -0.4 is 0 Å². The summed E-state index contributed by atoms with van der Waals surface area (Å²) in [6.45, 7) is 4.38. The molecule has 0 aliphatic carbocycles. The number of phosphoric ester groups is 1. The Labute approximate surface area is 307 Å². The number of phosphoric acid groups is 1. The molecule has 0 saturated heterocycles. The third kappa shape index (κ3) is 36.5. The molecule has 0 fully saturated rings. The minimum absolute atomic E-state index is 0.0329. The topological polar surface area (TPSA) is 108 Å². The number of esters is 2. The highest BCUT2D eigenvalue weighted by atomic mass is 31.2. The first kappa shape index (κ1) is 48.8. The van der Waals surface area contributed by atoms with Crippen LogP contribution in [0.2, 0.25) is 0 Å². The average molecular weight is 733 g/mol. The second kappa shape index (κ2) is 33.6. The summed E-state index contributed by atoms with van der Waals surface area (Å²) >= 11 is 0. The number of hydrogen-bond donors (Lipinski definition) is 1. The maximum Gasteiger partial charge on any atom is 0.472 e. The molecule has 0 aromatic rings. The minimum Gasteiger partial charge on any atom is -0.462 e. The van der Waals surface area contributed by atoms with Gasteiger partial charge in [-0.15, -0.1) is 0 Å². The third-order valence-corrected chi connectivity index (χ3v) is 9.78. The molecule has 0 spiro atoms. The average Bonchev–Trinajstić information content (AvgIpc) is 3.06. The number of quaternary nitrogens is 1. The van der Waals surface area contributed by atoms with Crippen molar-refractivity contribution in [2.45, 2.75) is 187 Å². The molecule has 1 unspecified atom stereocenters. The molecule has 0 saturated carbocycles. The molecule has 1 N–H and O–H groups in total. The number of likely N-dealkylation sites (N-methyl/N-ethyl adjacent to an activating group) is 1. The first-order chi connectivity index (χ1) is 24.0. The van der Waals surface area contributed by atoms with E-state index in [0.29, 0.717) is 23.9 Å². The molecule has 0 aliphatic heterocycles. The highest BCUT2D eigenvalue weighted by Gasteiger charge is 2.27. The van der Waals surface area contributed by atoms with Gasteiger partial charge in [0.15, 0.2) is 6.10 Å². The molecular formula is C40H79NO8P+.